The Labute approximate surface area is 218 Å². The Bertz CT molecular complexity index is 1300. The maximum Gasteiger partial charge on any atom is 0.416 e. The summed E-state index contributed by atoms with van der Waals surface area (Å²) in [5.74, 6) is 2.75. The highest BCUT2D eigenvalue weighted by Crippen LogP contribution is 2.42. The van der Waals surface area contributed by atoms with Crippen molar-refractivity contribution in [2.75, 3.05) is 36.4 Å². The van der Waals surface area contributed by atoms with Gasteiger partial charge in [0.15, 0.2) is 0 Å². The summed E-state index contributed by atoms with van der Waals surface area (Å²) in [6.45, 7) is 8.70. The number of rotatable bonds is 4. The van der Waals surface area contributed by atoms with Crippen molar-refractivity contribution in [3.63, 3.8) is 0 Å². The van der Waals surface area contributed by atoms with Crippen molar-refractivity contribution < 1.29 is 18.0 Å². The van der Waals surface area contributed by atoms with E-state index in [4.69, 9.17) is 9.97 Å². The van der Waals surface area contributed by atoms with Crippen LogP contribution in [0.25, 0.3) is 10.2 Å². The van der Waals surface area contributed by atoms with Crippen LogP contribution >= 0.6 is 11.3 Å². The molecule has 0 radical (unpaired) electrons. The number of anilines is 2. The van der Waals surface area contributed by atoms with Crippen LogP contribution in [0.5, 0.6) is 0 Å². The second-order valence-corrected chi connectivity index (χ2v) is 11.3. The number of urea groups is 1. The maximum atomic E-state index is 13.0. The molecule has 1 aliphatic carbocycles. The summed E-state index contributed by atoms with van der Waals surface area (Å²) in [6.07, 6.45) is -0.222. The first-order chi connectivity index (χ1) is 17.6. The number of piperazine rings is 1. The molecule has 2 amide bonds. The molecule has 3 aromatic rings. The van der Waals surface area contributed by atoms with Gasteiger partial charge in [0.25, 0.3) is 0 Å². The van der Waals surface area contributed by atoms with Crippen LogP contribution in [-0.2, 0) is 19.0 Å². The lowest BCUT2D eigenvalue weighted by Gasteiger charge is -2.36. The summed E-state index contributed by atoms with van der Waals surface area (Å²) < 4.78 is 39.1. The third kappa shape index (κ3) is 5.26. The number of nitrogens with zero attached hydrogens (tertiary/aromatic N) is 4. The topological polar surface area (TPSA) is 61.4 Å². The molecule has 1 aromatic carbocycles. The lowest BCUT2D eigenvalue weighted by Crippen LogP contribution is -2.50. The summed E-state index contributed by atoms with van der Waals surface area (Å²) in [5, 5.41) is 3.79. The molecule has 10 heteroatoms. The van der Waals surface area contributed by atoms with Gasteiger partial charge in [0.05, 0.1) is 10.9 Å². The summed E-state index contributed by atoms with van der Waals surface area (Å²) in [6, 6.07) is 4.33. The van der Waals surface area contributed by atoms with Gasteiger partial charge in [-0.05, 0) is 55.4 Å². The van der Waals surface area contributed by atoms with Gasteiger partial charge in [-0.3, -0.25) is 0 Å². The zero-order valence-corrected chi connectivity index (χ0v) is 22.2. The van der Waals surface area contributed by atoms with Crippen molar-refractivity contribution in [1.29, 1.82) is 0 Å². The number of nitrogens with one attached hydrogen (secondary N) is 1. The van der Waals surface area contributed by atoms with Crippen molar-refractivity contribution in [2.45, 2.75) is 58.5 Å². The highest BCUT2D eigenvalue weighted by atomic mass is 32.1. The Morgan fingerprint density at radius 3 is 2.68 bits per heavy atom. The number of hydrogen-bond acceptors (Lipinski definition) is 5. The standard InChI is InChI=1S/C27H32F3N5OS/c1-4-17(3)23-32-24(22-20-9-8-16(2)14-21(20)37-25(22)33-23)34-10-12-35(13-11-34)26(36)31-19-7-5-6-18(15-19)27(28,29)30/h5-7,15-17H,4,8-14H2,1-3H3,(H,31,36). The summed E-state index contributed by atoms with van der Waals surface area (Å²) in [4.78, 5) is 29.2. The molecule has 198 valence electrons. The number of alkyl halides is 3. The Kier molecular flexibility index (Phi) is 7.04. The first-order valence-corrected chi connectivity index (χ1v) is 13.8. The third-order valence-corrected chi connectivity index (χ3v) is 8.66. The van der Waals surface area contributed by atoms with Crippen molar-refractivity contribution in [2.24, 2.45) is 5.92 Å². The molecule has 1 N–H and O–H groups in total. The van der Waals surface area contributed by atoms with Gasteiger partial charge in [0.1, 0.15) is 16.5 Å². The number of thiophene rings is 1. The lowest BCUT2D eigenvalue weighted by molar-refractivity contribution is -0.137. The number of benzene rings is 1. The van der Waals surface area contributed by atoms with Crippen molar-refractivity contribution in [3.05, 3.63) is 46.1 Å². The quantitative estimate of drug-likeness (QED) is 0.407. The minimum absolute atomic E-state index is 0.136. The average Bonchev–Trinajstić information content (AvgIpc) is 3.24. The van der Waals surface area contributed by atoms with E-state index in [0.717, 1.165) is 54.3 Å². The van der Waals surface area contributed by atoms with Gasteiger partial charge in [-0.2, -0.15) is 13.2 Å². The zero-order valence-electron chi connectivity index (χ0n) is 21.4. The van der Waals surface area contributed by atoms with Gasteiger partial charge in [-0.1, -0.05) is 26.8 Å². The van der Waals surface area contributed by atoms with E-state index in [1.54, 1.807) is 16.2 Å². The molecule has 0 saturated carbocycles. The van der Waals surface area contributed by atoms with Crippen LogP contribution in [0.3, 0.4) is 0 Å². The number of halogens is 3. The molecule has 0 bridgehead atoms. The van der Waals surface area contributed by atoms with Crippen LogP contribution in [0.1, 0.15) is 61.4 Å². The molecule has 1 saturated heterocycles. The van der Waals surface area contributed by atoms with Crippen LogP contribution in [0, 0.1) is 5.92 Å². The first kappa shape index (κ1) is 25.8. The highest BCUT2D eigenvalue weighted by molar-refractivity contribution is 7.19. The zero-order chi connectivity index (χ0) is 26.3. The molecule has 2 atom stereocenters. The minimum Gasteiger partial charge on any atom is -0.352 e. The predicted molar refractivity (Wildman–Crippen MR) is 142 cm³/mol. The molecule has 2 aliphatic rings. The molecular formula is C27H32F3N5OS. The largest absolute Gasteiger partial charge is 0.416 e. The van der Waals surface area contributed by atoms with Gasteiger partial charge in [-0.25, -0.2) is 14.8 Å². The highest BCUT2D eigenvalue weighted by Gasteiger charge is 2.31. The smallest absolute Gasteiger partial charge is 0.352 e. The van der Waals surface area contributed by atoms with E-state index in [1.165, 1.54) is 28.0 Å². The number of fused-ring (bicyclic) bond motifs is 3. The molecule has 0 spiro atoms. The molecule has 1 fully saturated rings. The van der Waals surface area contributed by atoms with Gasteiger partial charge in [0, 0.05) is 42.7 Å². The van der Waals surface area contributed by atoms with E-state index in [1.807, 2.05) is 0 Å². The van der Waals surface area contributed by atoms with E-state index in [-0.39, 0.29) is 11.6 Å². The van der Waals surface area contributed by atoms with Crippen LogP contribution < -0.4 is 10.2 Å². The number of aryl methyl sites for hydroxylation is 1. The maximum absolute atomic E-state index is 13.0. The average molecular weight is 532 g/mol. The Balaban J connectivity index is 1.35. The van der Waals surface area contributed by atoms with E-state index >= 15 is 0 Å². The molecular weight excluding hydrogens is 499 g/mol. The van der Waals surface area contributed by atoms with Crippen LogP contribution in [-0.4, -0.2) is 47.1 Å². The van der Waals surface area contributed by atoms with E-state index in [0.29, 0.717) is 32.1 Å². The molecule has 5 rings (SSSR count). The second kappa shape index (κ2) is 10.1. The molecule has 2 unspecified atom stereocenters. The SMILES string of the molecule is CCC(C)c1nc(N2CCN(C(=O)Nc3cccc(C(F)(F)F)c3)CC2)c2c3c(sc2n1)CC(C)CC3. The Morgan fingerprint density at radius 2 is 1.97 bits per heavy atom. The molecule has 6 nitrogen and oxygen atoms in total. The third-order valence-electron chi connectivity index (χ3n) is 7.51. The van der Waals surface area contributed by atoms with Crippen molar-refractivity contribution >= 4 is 39.1 Å². The van der Waals surface area contributed by atoms with Crippen LogP contribution in [0.15, 0.2) is 24.3 Å². The normalized spacial score (nSPS) is 19.1. The summed E-state index contributed by atoms with van der Waals surface area (Å²) >= 11 is 1.80. The number of hydrogen-bond donors (Lipinski definition) is 1. The Hall–Kier alpha value is -2.88. The summed E-state index contributed by atoms with van der Waals surface area (Å²) in [7, 11) is 0. The second-order valence-electron chi connectivity index (χ2n) is 10.2. The predicted octanol–water partition coefficient (Wildman–Crippen LogP) is 6.70. The number of aromatic nitrogens is 2. The number of amides is 2. The van der Waals surface area contributed by atoms with Crippen LogP contribution in [0.2, 0.25) is 0 Å². The first-order valence-electron chi connectivity index (χ1n) is 12.9. The van der Waals surface area contributed by atoms with Gasteiger partial charge in [-0.15, -0.1) is 11.3 Å². The molecule has 37 heavy (non-hydrogen) atoms. The number of carbonyl (C=O) groups is 1. The fraction of sp³-hybridized carbons (Fsp3) is 0.519. The van der Waals surface area contributed by atoms with Crippen molar-refractivity contribution in [3.8, 4) is 0 Å². The minimum atomic E-state index is -4.46. The van der Waals surface area contributed by atoms with Gasteiger partial charge >= 0.3 is 12.2 Å². The van der Waals surface area contributed by atoms with E-state index in [9.17, 15) is 18.0 Å². The Morgan fingerprint density at radius 1 is 1.22 bits per heavy atom. The monoisotopic (exact) mass is 531 g/mol. The number of carbonyl (C=O) groups excluding carboxylic acids is 1. The van der Waals surface area contributed by atoms with Gasteiger partial charge < -0.3 is 15.1 Å². The fourth-order valence-corrected chi connectivity index (χ4v) is 6.45. The van der Waals surface area contributed by atoms with Gasteiger partial charge in [0.2, 0.25) is 0 Å². The summed E-state index contributed by atoms with van der Waals surface area (Å²) in [5.41, 5.74) is 0.735. The fourth-order valence-electron chi connectivity index (χ4n) is 5.07. The van der Waals surface area contributed by atoms with E-state index < -0.39 is 17.8 Å². The lowest BCUT2D eigenvalue weighted by atomic mass is 9.89. The molecule has 1 aliphatic heterocycles. The molecule has 3 heterocycles. The molecule has 2 aromatic heterocycles. The van der Waals surface area contributed by atoms with Crippen LogP contribution in [0.4, 0.5) is 29.5 Å². The van der Waals surface area contributed by atoms with Crippen molar-refractivity contribution in [1.82, 2.24) is 14.9 Å². The van der Waals surface area contributed by atoms with E-state index in [2.05, 4.69) is 31.0 Å².